The SMILES string of the molecule is Cc1ccc(S(=O)(=O)Oc2ccccc2Oc2ccccc2C)cc1. The van der Waals surface area contributed by atoms with Gasteiger partial charge in [-0.25, -0.2) is 0 Å². The third-order valence-corrected chi connectivity index (χ3v) is 4.92. The lowest BCUT2D eigenvalue weighted by molar-refractivity contribution is 0.434. The third-order valence-electron chi connectivity index (χ3n) is 3.67. The van der Waals surface area contributed by atoms with E-state index in [1.165, 1.54) is 12.1 Å². The van der Waals surface area contributed by atoms with Crippen molar-refractivity contribution in [3.63, 3.8) is 0 Å². The molecule has 0 aliphatic rings. The number of para-hydroxylation sites is 3. The molecule has 0 aromatic heterocycles. The van der Waals surface area contributed by atoms with Crippen molar-refractivity contribution in [2.75, 3.05) is 0 Å². The maximum atomic E-state index is 12.5. The summed E-state index contributed by atoms with van der Waals surface area (Å²) in [5.74, 6) is 1.13. The van der Waals surface area contributed by atoms with Crippen molar-refractivity contribution in [3.05, 3.63) is 83.9 Å². The molecular formula is C20H18O4S. The smallest absolute Gasteiger partial charge is 0.339 e. The fraction of sp³-hybridized carbons (Fsp3) is 0.100. The minimum Gasteiger partial charge on any atom is -0.453 e. The van der Waals surface area contributed by atoms with Gasteiger partial charge in [0, 0.05) is 0 Å². The Kier molecular flexibility index (Phi) is 4.76. The van der Waals surface area contributed by atoms with E-state index in [1.54, 1.807) is 36.4 Å². The molecule has 5 heteroatoms. The van der Waals surface area contributed by atoms with Gasteiger partial charge in [-0.3, -0.25) is 0 Å². The van der Waals surface area contributed by atoms with E-state index in [0.29, 0.717) is 11.5 Å². The molecule has 0 fully saturated rings. The second-order valence-corrected chi connectivity index (χ2v) is 7.21. The van der Waals surface area contributed by atoms with Gasteiger partial charge in [-0.05, 0) is 49.7 Å². The van der Waals surface area contributed by atoms with E-state index in [4.69, 9.17) is 8.92 Å². The molecular weight excluding hydrogens is 336 g/mol. The van der Waals surface area contributed by atoms with Crippen molar-refractivity contribution in [1.82, 2.24) is 0 Å². The van der Waals surface area contributed by atoms with Gasteiger partial charge in [0.1, 0.15) is 10.6 Å². The van der Waals surface area contributed by atoms with E-state index < -0.39 is 10.1 Å². The summed E-state index contributed by atoms with van der Waals surface area (Å²) in [7, 11) is -3.93. The van der Waals surface area contributed by atoms with Crippen molar-refractivity contribution >= 4 is 10.1 Å². The highest BCUT2D eigenvalue weighted by Gasteiger charge is 2.19. The Labute approximate surface area is 147 Å². The average molecular weight is 354 g/mol. The van der Waals surface area contributed by atoms with Crippen LogP contribution in [-0.2, 0) is 10.1 Å². The molecule has 0 spiro atoms. The zero-order chi connectivity index (χ0) is 17.9. The molecule has 0 aliphatic carbocycles. The van der Waals surface area contributed by atoms with E-state index in [-0.39, 0.29) is 10.6 Å². The van der Waals surface area contributed by atoms with Gasteiger partial charge in [0.2, 0.25) is 0 Å². The Morgan fingerprint density at radius 3 is 1.88 bits per heavy atom. The second kappa shape index (κ2) is 6.99. The van der Waals surface area contributed by atoms with E-state index in [0.717, 1.165) is 11.1 Å². The molecule has 0 heterocycles. The largest absolute Gasteiger partial charge is 0.453 e. The summed E-state index contributed by atoms with van der Waals surface area (Å²) in [6.45, 7) is 3.81. The van der Waals surface area contributed by atoms with Crippen LogP contribution in [0.4, 0.5) is 0 Å². The summed E-state index contributed by atoms with van der Waals surface area (Å²) in [4.78, 5) is 0.101. The Morgan fingerprint density at radius 2 is 1.24 bits per heavy atom. The highest BCUT2D eigenvalue weighted by Crippen LogP contribution is 2.34. The van der Waals surface area contributed by atoms with Crippen LogP contribution in [0.5, 0.6) is 17.2 Å². The number of aryl methyl sites for hydroxylation is 2. The summed E-state index contributed by atoms with van der Waals surface area (Å²) in [5, 5.41) is 0. The predicted octanol–water partition coefficient (Wildman–Crippen LogP) is 4.86. The first-order valence-corrected chi connectivity index (χ1v) is 9.20. The molecule has 0 amide bonds. The first kappa shape index (κ1) is 17.0. The van der Waals surface area contributed by atoms with E-state index in [2.05, 4.69) is 0 Å². The van der Waals surface area contributed by atoms with Gasteiger partial charge in [0.25, 0.3) is 0 Å². The molecule has 128 valence electrons. The van der Waals surface area contributed by atoms with Crippen LogP contribution < -0.4 is 8.92 Å². The van der Waals surface area contributed by atoms with Crippen LogP contribution in [0.15, 0.2) is 77.7 Å². The quantitative estimate of drug-likeness (QED) is 0.614. The minimum absolute atomic E-state index is 0.101. The van der Waals surface area contributed by atoms with Gasteiger partial charge in [0.15, 0.2) is 11.5 Å². The monoisotopic (exact) mass is 354 g/mol. The number of ether oxygens (including phenoxy) is 1. The van der Waals surface area contributed by atoms with Crippen molar-refractivity contribution in [3.8, 4) is 17.2 Å². The lowest BCUT2D eigenvalue weighted by Crippen LogP contribution is -2.10. The topological polar surface area (TPSA) is 52.6 Å². The Balaban J connectivity index is 1.91. The van der Waals surface area contributed by atoms with Crippen molar-refractivity contribution < 1.29 is 17.3 Å². The second-order valence-electron chi connectivity index (χ2n) is 5.66. The highest BCUT2D eigenvalue weighted by atomic mass is 32.2. The Bertz CT molecular complexity index is 977. The van der Waals surface area contributed by atoms with E-state index in [9.17, 15) is 8.42 Å². The first-order chi connectivity index (χ1) is 12.0. The molecule has 0 radical (unpaired) electrons. The third kappa shape index (κ3) is 4.00. The molecule has 3 rings (SSSR count). The Morgan fingerprint density at radius 1 is 0.680 bits per heavy atom. The summed E-state index contributed by atoms with van der Waals surface area (Å²) in [6.07, 6.45) is 0. The summed E-state index contributed by atoms with van der Waals surface area (Å²) < 4.78 is 36.2. The maximum Gasteiger partial charge on any atom is 0.339 e. The summed E-state index contributed by atoms with van der Waals surface area (Å²) in [5.41, 5.74) is 1.92. The van der Waals surface area contributed by atoms with Crippen molar-refractivity contribution in [1.29, 1.82) is 0 Å². The van der Waals surface area contributed by atoms with Crippen LogP contribution in [0.2, 0.25) is 0 Å². The van der Waals surface area contributed by atoms with E-state index >= 15 is 0 Å². The molecule has 0 saturated carbocycles. The fourth-order valence-corrected chi connectivity index (χ4v) is 3.20. The fourth-order valence-electron chi connectivity index (χ4n) is 2.26. The lowest BCUT2D eigenvalue weighted by atomic mass is 10.2. The van der Waals surface area contributed by atoms with Crippen LogP contribution >= 0.6 is 0 Å². The lowest BCUT2D eigenvalue weighted by Gasteiger charge is -2.13. The van der Waals surface area contributed by atoms with Gasteiger partial charge in [-0.15, -0.1) is 0 Å². The molecule has 0 saturated heterocycles. The molecule has 0 atom stereocenters. The number of hydrogen-bond acceptors (Lipinski definition) is 4. The maximum absolute atomic E-state index is 12.5. The summed E-state index contributed by atoms with van der Waals surface area (Å²) in [6, 6.07) is 20.7. The normalized spacial score (nSPS) is 11.1. The summed E-state index contributed by atoms with van der Waals surface area (Å²) >= 11 is 0. The van der Waals surface area contributed by atoms with Gasteiger partial charge < -0.3 is 8.92 Å². The number of rotatable bonds is 5. The van der Waals surface area contributed by atoms with Gasteiger partial charge >= 0.3 is 10.1 Å². The number of benzene rings is 3. The van der Waals surface area contributed by atoms with Crippen molar-refractivity contribution in [2.24, 2.45) is 0 Å². The molecule has 4 nitrogen and oxygen atoms in total. The van der Waals surface area contributed by atoms with E-state index in [1.807, 2.05) is 38.1 Å². The molecule has 0 aliphatic heterocycles. The molecule has 0 bridgehead atoms. The standard InChI is InChI=1S/C20H18O4S/c1-15-11-13-17(14-12-15)25(21,22)24-20-10-6-5-9-19(20)23-18-8-4-3-7-16(18)2/h3-14H,1-2H3. The van der Waals surface area contributed by atoms with Crippen molar-refractivity contribution in [2.45, 2.75) is 18.7 Å². The van der Waals surface area contributed by atoms with Crippen LogP contribution in [0.1, 0.15) is 11.1 Å². The molecule has 3 aromatic carbocycles. The van der Waals surface area contributed by atoms with Crippen LogP contribution in [0, 0.1) is 13.8 Å². The predicted molar refractivity (Wildman–Crippen MR) is 96.7 cm³/mol. The van der Waals surface area contributed by atoms with Gasteiger partial charge in [-0.1, -0.05) is 48.0 Å². The minimum atomic E-state index is -3.93. The molecule has 0 unspecified atom stereocenters. The van der Waals surface area contributed by atoms with Crippen LogP contribution in [0.3, 0.4) is 0 Å². The Hall–Kier alpha value is -2.79. The number of hydrogen-bond donors (Lipinski definition) is 0. The zero-order valence-electron chi connectivity index (χ0n) is 14.0. The molecule has 0 N–H and O–H groups in total. The molecule has 3 aromatic rings. The van der Waals surface area contributed by atoms with Crippen LogP contribution in [0.25, 0.3) is 0 Å². The van der Waals surface area contributed by atoms with Gasteiger partial charge in [0.05, 0.1) is 0 Å². The molecule has 25 heavy (non-hydrogen) atoms. The first-order valence-electron chi connectivity index (χ1n) is 7.79. The van der Waals surface area contributed by atoms with Gasteiger partial charge in [-0.2, -0.15) is 8.42 Å². The average Bonchev–Trinajstić information content (AvgIpc) is 2.59. The highest BCUT2D eigenvalue weighted by molar-refractivity contribution is 7.87. The van der Waals surface area contributed by atoms with Crippen LogP contribution in [-0.4, -0.2) is 8.42 Å². The zero-order valence-corrected chi connectivity index (χ0v) is 14.8.